The largest absolute Gasteiger partial charge is 0.255 e. The van der Waals surface area contributed by atoms with Crippen LogP contribution in [-0.4, -0.2) is 17.1 Å². The number of rotatable bonds is 3. The Bertz CT molecular complexity index is 345. The van der Waals surface area contributed by atoms with Crippen LogP contribution in [0.3, 0.4) is 0 Å². The van der Waals surface area contributed by atoms with Gasteiger partial charge in [0.05, 0.1) is 17.4 Å². The van der Waals surface area contributed by atoms with E-state index in [0.29, 0.717) is 34.7 Å². The molecule has 0 saturated heterocycles. The number of nitrogens with zero attached hydrogens (tertiary/aromatic N) is 2. The van der Waals surface area contributed by atoms with Gasteiger partial charge in [-0.1, -0.05) is 41.5 Å². The minimum absolute atomic E-state index is 0.334. The lowest BCUT2D eigenvalue weighted by atomic mass is 9.68. The molecule has 2 aliphatic carbocycles. The highest BCUT2D eigenvalue weighted by Gasteiger charge is 2.41. The zero-order valence-electron chi connectivity index (χ0n) is 14.9. The SMILES string of the molecule is C[C@@H]1C[C@H](N(N=O)[C@@H]2C[C@H](C)CC(C)(C)C2)CC(C)(C)C1. The fraction of sp³-hybridized carbons (Fsp3) is 1.00. The molecule has 21 heavy (non-hydrogen) atoms. The highest BCUT2D eigenvalue weighted by Crippen LogP contribution is 2.45. The molecule has 3 heteroatoms. The van der Waals surface area contributed by atoms with Crippen LogP contribution in [0.15, 0.2) is 5.29 Å². The molecule has 3 nitrogen and oxygen atoms in total. The van der Waals surface area contributed by atoms with Crippen LogP contribution in [0.2, 0.25) is 0 Å². The summed E-state index contributed by atoms with van der Waals surface area (Å²) < 4.78 is 0. The molecule has 2 aliphatic rings. The molecule has 0 radical (unpaired) electrons. The van der Waals surface area contributed by atoms with Crippen LogP contribution in [-0.2, 0) is 0 Å². The maximum absolute atomic E-state index is 11.6. The fourth-order valence-corrected chi connectivity index (χ4v) is 5.43. The number of hydrogen-bond acceptors (Lipinski definition) is 2. The normalized spacial score (nSPS) is 38.8. The maximum atomic E-state index is 11.6. The molecule has 0 unspecified atom stereocenters. The molecule has 0 aromatic carbocycles. The van der Waals surface area contributed by atoms with Gasteiger partial charge >= 0.3 is 0 Å². The van der Waals surface area contributed by atoms with Gasteiger partial charge in [-0.2, -0.15) is 0 Å². The Morgan fingerprint density at radius 3 is 1.48 bits per heavy atom. The van der Waals surface area contributed by atoms with E-state index in [2.05, 4.69) is 46.8 Å². The molecule has 0 aromatic heterocycles. The lowest BCUT2D eigenvalue weighted by Crippen LogP contribution is -2.48. The second-order valence-corrected chi connectivity index (χ2v) is 9.60. The van der Waals surface area contributed by atoms with Gasteiger partial charge < -0.3 is 0 Å². The summed E-state index contributed by atoms with van der Waals surface area (Å²) in [6.07, 6.45) is 7.00. The monoisotopic (exact) mass is 294 g/mol. The average Bonchev–Trinajstić information content (AvgIpc) is 2.23. The Hall–Kier alpha value is -0.600. The van der Waals surface area contributed by atoms with Crippen molar-refractivity contribution in [2.45, 2.75) is 92.2 Å². The lowest BCUT2D eigenvalue weighted by Gasteiger charge is -2.48. The molecule has 122 valence electrons. The van der Waals surface area contributed by atoms with Gasteiger partial charge in [-0.25, -0.2) is 0 Å². The van der Waals surface area contributed by atoms with Gasteiger partial charge in [0.1, 0.15) is 0 Å². The Morgan fingerprint density at radius 1 is 0.810 bits per heavy atom. The minimum Gasteiger partial charge on any atom is -0.255 e. The van der Waals surface area contributed by atoms with Crippen molar-refractivity contribution in [3.05, 3.63) is 4.91 Å². The Kier molecular flexibility index (Phi) is 4.70. The van der Waals surface area contributed by atoms with Crippen molar-refractivity contribution in [3.63, 3.8) is 0 Å². The van der Waals surface area contributed by atoms with Crippen molar-refractivity contribution in [2.24, 2.45) is 28.0 Å². The first-order valence-corrected chi connectivity index (χ1v) is 8.73. The molecule has 0 bridgehead atoms. The Morgan fingerprint density at radius 2 is 1.19 bits per heavy atom. The van der Waals surface area contributed by atoms with E-state index >= 15 is 0 Å². The highest BCUT2D eigenvalue weighted by molar-refractivity contribution is 4.93. The van der Waals surface area contributed by atoms with Crippen molar-refractivity contribution in [1.82, 2.24) is 5.01 Å². The zero-order chi connectivity index (χ0) is 15.8. The standard InChI is InChI=1S/C18H34N2O/c1-13-7-15(11-17(3,4)9-13)20(19-21)16-8-14(2)10-18(5,6)12-16/h13-16H,7-12H2,1-6H3/t13-,14+,15+,16-. The first kappa shape index (κ1) is 16.8. The minimum atomic E-state index is 0.334. The van der Waals surface area contributed by atoms with Gasteiger partial charge in [0.25, 0.3) is 0 Å². The van der Waals surface area contributed by atoms with Crippen LogP contribution < -0.4 is 0 Å². The third kappa shape index (κ3) is 4.20. The van der Waals surface area contributed by atoms with Gasteiger partial charge in [0, 0.05) is 0 Å². The summed E-state index contributed by atoms with van der Waals surface area (Å²) in [5.74, 6) is 1.38. The van der Waals surface area contributed by atoms with E-state index in [1.165, 1.54) is 12.8 Å². The predicted octanol–water partition coefficient (Wildman–Crippen LogP) is 5.40. The maximum Gasteiger partial charge on any atom is 0.0529 e. The smallest absolute Gasteiger partial charge is 0.0529 e. The van der Waals surface area contributed by atoms with E-state index in [-0.39, 0.29) is 0 Å². The Balaban J connectivity index is 2.13. The van der Waals surface area contributed by atoms with Gasteiger partial charge in [-0.15, -0.1) is 4.91 Å². The highest BCUT2D eigenvalue weighted by atomic mass is 16.3. The van der Waals surface area contributed by atoms with E-state index in [9.17, 15) is 4.91 Å². The van der Waals surface area contributed by atoms with Crippen molar-refractivity contribution < 1.29 is 0 Å². The summed E-state index contributed by atoms with van der Waals surface area (Å²) in [4.78, 5) is 11.6. The first-order valence-electron chi connectivity index (χ1n) is 8.73. The van der Waals surface area contributed by atoms with Crippen LogP contribution in [0.4, 0.5) is 0 Å². The molecule has 0 heterocycles. The van der Waals surface area contributed by atoms with Crippen LogP contribution >= 0.6 is 0 Å². The Labute approximate surface area is 130 Å². The van der Waals surface area contributed by atoms with E-state index in [1.54, 1.807) is 0 Å². The van der Waals surface area contributed by atoms with E-state index in [4.69, 9.17) is 0 Å². The molecule has 2 saturated carbocycles. The molecule has 0 N–H and O–H groups in total. The zero-order valence-corrected chi connectivity index (χ0v) is 14.9. The molecule has 2 fully saturated rings. The van der Waals surface area contributed by atoms with Crippen molar-refractivity contribution in [2.75, 3.05) is 0 Å². The van der Waals surface area contributed by atoms with Crippen molar-refractivity contribution in [1.29, 1.82) is 0 Å². The summed E-state index contributed by atoms with van der Waals surface area (Å²) in [5, 5.41) is 5.49. The van der Waals surface area contributed by atoms with E-state index < -0.39 is 0 Å². The predicted molar refractivity (Wildman–Crippen MR) is 88.8 cm³/mol. The van der Waals surface area contributed by atoms with Crippen LogP contribution in [0.1, 0.15) is 80.1 Å². The molecule has 0 spiro atoms. The lowest BCUT2D eigenvalue weighted by molar-refractivity contribution is -0.00323. The summed E-state index contributed by atoms with van der Waals surface area (Å²) in [7, 11) is 0. The second kappa shape index (κ2) is 5.89. The molecule has 2 rings (SSSR count). The summed E-state index contributed by atoms with van der Waals surface area (Å²) in [5.41, 5.74) is 0.669. The quantitative estimate of drug-likeness (QED) is 0.515. The average molecular weight is 294 g/mol. The topological polar surface area (TPSA) is 32.7 Å². The summed E-state index contributed by atoms with van der Waals surface area (Å²) in [6, 6.07) is 0.680. The van der Waals surface area contributed by atoms with Crippen molar-refractivity contribution >= 4 is 0 Å². The van der Waals surface area contributed by atoms with Gasteiger partial charge in [-0.05, 0) is 61.2 Å². The number of nitroso groups, excluding NO2 is 1. The van der Waals surface area contributed by atoms with Gasteiger partial charge in [0.2, 0.25) is 0 Å². The summed E-state index contributed by atoms with van der Waals surface area (Å²) in [6.45, 7) is 14.0. The molecule has 4 atom stereocenters. The molecule has 0 aromatic rings. The second-order valence-electron chi connectivity index (χ2n) is 9.60. The van der Waals surface area contributed by atoms with Crippen LogP contribution in [0.25, 0.3) is 0 Å². The molecular weight excluding hydrogens is 260 g/mol. The molecule has 0 aliphatic heterocycles. The van der Waals surface area contributed by atoms with Gasteiger partial charge in [0.15, 0.2) is 0 Å². The molecule has 0 amide bonds. The number of hydrogen-bond donors (Lipinski definition) is 0. The fourth-order valence-electron chi connectivity index (χ4n) is 5.43. The van der Waals surface area contributed by atoms with Gasteiger partial charge in [-0.3, -0.25) is 5.01 Å². The van der Waals surface area contributed by atoms with E-state index in [0.717, 1.165) is 25.7 Å². The third-order valence-electron chi connectivity index (χ3n) is 5.57. The van der Waals surface area contributed by atoms with Crippen molar-refractivity contribution in [3.8, 4) is 0 Å². The molecular formula is C18H34N2O. The summed E-state index contributed by atoms with van der Waals surface area (Å²) >= 11 is 0. The third-order valence-corrected chi connectivity index (χ3v) is 5.57. The van der Waals surface area contributed by atoms with Crippen LogP contribution in [0.5, 0.6) is 0 Å². The van der Waals surface area contributed by atoms with Crippen LogP contribution in [0, 0.1) is 27.6 Å². The van der Waals surface area contributed by atoms with E-state index in [1.807, 2.05) is 5.01 Å². The first-order chi connectivity index (χ1) is 9.62.